The molecule has 0 radical (unpaired) electrons. The number of halogens is 3. The monoisotopic (exact) mass is 464 g/mol. The fourth-order valence-electron chi connectivity index (χ4n) is 5.69. The molecule has 6 nitrogen and oxygen atoms in total. The second-order valence-corrected chi connectivity index (χ2v) is 9.94. The highest BCUT2D eigenvalue weighted by Crippen LogP contribution is 2.48. The Morgan fingerprint density at radius 1 is 1.24 bits per heavy atom. The number of hydrogen-bond acceptors (Lipinski definition) is 4. The molecule has 180 valence electrons. The largest absolute Gasteiger partial charge is 0.508 e. The number of aromatic nitrogens is 1. The van der Waals surface area contributed by atoms with Gasteiger partial charge in [-0.2, -0.15) is 13.2 Å². The van der Waals surface area contributed by atoms with Crippen LogP contribution in [0.15, 0.2) is 35.7 Å². The van der Waals surface area contributed by atoms with Gasteiger partial charge in [0.15, 0.2) is 0 Å². The van der Waals surface area contributed by atoms with E-state index in [9.17, 15) is 23.1 Å². The van der Waals surface area contributed by atoms with Gasteiger partial charge < -0.3 is 10.4 Å². The van der Waals surface area contributed by atoms with Crippen LogP contribution in [0.1, 0.15) is 50.3 Å². The summed E-state index contributed by atoms with van der Waals surface area (Å²) in [4.78, 5) is 20.2. The van der Waals surface area contributed by atoms with Crippen molar-refractivity contribution in [2.75, 3.05) is 25.5 Å². The predicted molar refractivity (Wildman–Crippen MR) is 120 cm³/mol. The van der Waals surface area contributed by atoms with E-state index in [1.807, 2.05) is 12.2 Å². The van der Waals surface area contributed by atoms with Crippen LogP contribution in [0.2, 0.25) is 0 Å². The zero-order valence-corrected chi connectivity index (χ0v) is 19.5. The summed E-state index contributed by atoms with van der Waals surface area (Å²) in [7, 11) is 4.11. The molecule has 1 aliphatic heterocycles. The maximum absolute atomic E-state index is 13.0. The molecule has 0 bridgehead atoms. The van der Waals surface area contributed by atoms with E-state index in [1.54, 1.807) is 6.92 Å². The number of rotatable bonds is 3. The summed E-state index contributed by atoms with van der Waals surface area (Å²) in [6, 6.07) is 0.686. The first-order chi connectivity index (χ1) is 15.4. The number of likely N-dealkylation sites (N-methyl/N-ethyl adjacent to an activating group) is 1. The Kier molecular flexibility index (Phi) is 5.75. The lowest BCUT2D eigenvalue weighted by Crippen LogP contribution is -2.57. The van der Waals surface area contributed by atoms with Crippen molar-refractivity contribution in [1.29, 1.82) is 0 Å². The van der Waals surface area contributed by atoms with E-state index in [2.05, 4.69) is 36.2 Å². The van der Waals surface area contributed by atoms with Crippen LogP contribution in [-0.4, -0.2) is 52.7 Å². The molecule has 2 fully saturated rings. The van der Waals surface area contributed by atoms with Crippen molar-refractivity contribution in [3.05, 3.63) is 47.0 Å². The van der Waals surface area contributed by atoms with E-state index in [1.165, 1.54) is 10.5 Å². The third-order valence-corrected chi connectivity index (χ3v) is 7.68. The molecule has 3 aliphatic rings. The van der Waals surface area contributed by atoms with Gasteiger partial charge in [-0.3, -0.25) is 9.80 Å². The number of urea groups is 1. The molecule has 2 N–H and O–H groups in total. The Labute approximate surface area is 192 Å². The van der Waals surface area contributed by atoms with Crippen LogP contribution >= 0.6 is 0 Å². The average Bonchev–Trinajstić information content (AvgIpc) is 3.05. The van der Waals surface area contributed by atoms with E-state index >= 15 is 0 Å². The Hall–Kier alpha value is -2.55. The van der Waals surface area contributed by atoms with Gasteiger partial charge in [0.25, 0.3) is 0 Å². The van der Waals surface area contributed by atoms with Crippen LogP contribution in [0.5, 0.6) is 0 Å². The van der Waals surface area contributed by atoms with Crippen LogP contribution < -0.4 is 10.2 Å². The van der Waals surface area contributed by atoms with Crippen molar-refractivity contribution in [2.45, 2.75) is 63.2 Å². The lowest BCUT2D eigenvalue weighted by Gasteiger charge is -2.51. The summed E-state index contributed by atoms with van der Waals surface area (Å²) in [5.41, 5.74) is 0.371. The summed E-state index contributed by atoms with van der Waals surface area (Å²) in [5.74, 6) is 0.614. The topological polar surface area (TPSA) is 68.7 Å². The number of aliphatic hydroxyl groups is 1. The number of anilines is 1. The number of amides is 2. The van der Waals surface area contributed by atoms with Gasteiger partial charge >= 0.3 is 12.2 Å². The second kappa shape index (κ2) is 8.04. The number of hydrogen-bond donors (Lipinski definition) is 2. The minimum Gasteiger partial charge on any atom is -0.508 e. The number of allylic oxidation sites excluding steroid dienone is 2. The highest BCUT2D eigenvalue weighted by Gasteiger charge is 2.52. The molecule has 2 aliphatic carbocycles. The quantitative estimate of drug-likeness (QED) is 0.664. The maximum Gasteiger partial charge on any atom is 0.433 e. The van der Waals surface area contributed by atoms with E-state index in [0.29, 0.717) is 29.5 Å². The van der Waals surface area contributed by atoms with Gasteiger partial charge in [0.05, 0.1) is 24.0 Å². The molecule has 1 atom stereocenters. The van der Waals surface area contributed by atoms with Gasteiger partial charge in [0.2, 0.25) is 0 Å². The van der Waals surface area contributed by atoms with Crippen LogP contribution in [0.4, 0.5) is 23.7 Å². The lowest BCUT2D eigenvalue weighted by molar-refractivity contribution is -0.141. The van der Waals surface area contributed by atoms with E-state index in [-0.39, 0.29) is 11.6 Å². The van der Waals surface area contributed by atoms with Crippen molar-refractivity contribution in [3.8, 4) is 0 Å². The third kappa shape index (κ3) is 4.11. The molecule has 2 heterocycles. The first kappa shape index (κ1) is 23.6. The summed E-state index contributed by atoms with van der Waals surface area (Å²) >= 11 is 0. The van der Waals surface area contributed by atoms with Crippen molar-refractivity contribution in [1.82, 2.24) is 15.2 Å². The molecule has 1 aromatic rings. The highest BCUT2D eigenvalue weighted by atomic mass is 19.4. The molecular weight excluding hydrogens is 433 g/mol. The number of alkyl halides is 3. The summed E-state index contributed by atoms with van der Waals surface area (Å²) in [6.45, 7) is 4.13. The van der Waals surface area contributed by atoms with Crippen molar-refractivity contribution >= 4 is 11.7 Å². The fraction of sp³-hybridized carbons (Fsp3) is 0.583. The lowest BCUT2D eigenvalue weighted by atomic mass is 9.65. The minimum absolute atomic E-state index is 0.211. The smallest absolute Gasteiger partial charge is 0.433 e. The average molecular weight is 465 g/mol. The molecule has 1 saturated carbocycles. The normalized spacial score (nSPS) is 30.5. The molecule has 1 spiro atoms. The first-order valence-electron chi connectivity index (χ1n) is 11.3. The van der Waals surface area contributed by atoms with Gasteiger partial charge in [-0.1, -0.05) is 6.92 Å². The van der Waals surface area contributed by atoms with Crippen LogP contribution in [0.3, 0.4) is 0 Å². The summed E-state index contributed by atoms with van der Waals surface area (Å²) in [5, 5.41) is 13.3. The first-order valence-corrected chi connectivity index (χ1v) is 11.3. The van der Waals surface area contributed by atoms with Crippen LogP contribution in [0.25, 0.3) is 0 Å². The van der Waals surface area contributed by atoms with E-state index < -0.39 is 17.4 Å². The Morgan fingerprint density at radius 2 is 1.91 bits per heavy atom. The van der Waals surface area contributed by atoms with Crippen LogP contribution in [0, 0.1) is 12.8 Å². The highest BCUT2D eigenvalue weighted by molar-refractivity contribution is 5.96. The zero-order valence-electron chi connectivity index (χ0n) is 19.5. The molecule has 1 unspecified atom stereocenters. The molecular formula is C24H31F3N4O2. The Morgan fingerprint density at radius 3 is 2.48 bits per heavy atom. The number of aryl methyl sites for hydroxylation is 1. The van der Waals surface area contributed by atoms with Gasteiger partial charge in [-0.25, -0.2) is 9.78 Å². The number of aliphatic hydroxyl groups excluding tert-OH is 1. The number of pyridine rings is 1. The van der Waals surface area contributed by atoms with Gasteiger partial charge in [0, 0.05) is 5.54 Å². The van der Waals surface area contributed by atoms with Crippen molar-refractivity contribution in [3.63, 3.8) is 0 Å². The Balaban J connectivity index is 1.56. The van der Waals surface area contributed by atoms with E-state index in [0.717, 1.165) is 44.4 Å². The minimum atomic E-state index is -4.52. The standard InChI is InChI=1S/C24H31F3N4O2/c1-15-5-6-17(32)12-18(15)23(30(3)4)9-7-22(8-10-23)14-31(21(33)29-22)19-13-28-20(11-16(19)2)24(25,26)27/h6,11-13,15,32H,5,7-10,14H2,1-4H3,(H,29,33). The predicted octanol–water partition coefficient (Wildman–Crippen LogP) is 4.96. The number of carbonyl (C=O) groups excluding carboxylic acids is 1. The molecule has 2 amide bonds. The number of nitrogens with zero attached hydrogens (tertiary/aromatic N) is 3. The number of carbonyl (C=O) groups is 1. The Bertz CT molecular complexity index is 1010. The second-order valence-electron chi connectivity index (χ2n) is 9.94. The molecule has 1 saturated heterocycles. The third-order valence-electron chi connectivity index (χ3n) is 7.68. The fourth-order valence-corrected chi connectivity index (χ4v) is 5.69. The van der Waals surface area contributed by atoms with Gasteiger partial charge in [-0.05, 0) is 88.4 Å². The SMILES string of the molecule is Cc1cc(C(F)(F)F)ncc1N1CC2(CCC(C3=CC(O)=CCC3C)(N(C)C)CC2)NC1=O. The van der Waals surface area contributed by atoms with Gasteiger partial charge in [-0.15, -0.1) is 0 Å². The summed E-state index contributed by atoms with van der Waals surface area (Å²) in [6.07, 6.45) is 4.23. The molecule has 9 heteroatoms. The molecule has 0 aromatic carbocycles. The van der Waals surface area contributed by atoms with Gasteiger partial charge in [0.1, 0.15) is 11.5 Å². The molecule has 1 aromatic heterocycles. The van der Waals surface area contributed by atoms with Crippen molar-refractivity contribution < 1.29 is 23.1 Å². The van der Waals surface area contributed by atoms with E-state index in [4.69, 9.17) is 0 Å². The van der Waals surface area contributed by atoms with Crippen LogP contribution in [-0.2, 0) is 6.18 Å². The maximum atomic E-state index is 13.0. The molecule has 4 rings (SSSR count). The van der Waals surface area contributed by atoms with Crippen molar-refractivity contribution in [2.24, 2.45) is 5.92 Å². The summed E-state index contributed by atoms with van der Waals surface area (Å²) < 4.78 is 39.0. The molecule has 33 heavy (non-hydrogen) atoms. The zero-order chi connectivity index (χ0) is 24.2. The number of nitrogens with one attached hydrogen (secondary N) is 1.